The highest BCUT2D eigenvalue weighted by Gasteiger charge is 2.30. The molecular weight excluding hydrogens is 1000 g/mol. The second-order valence-electron chi connectivity index (χ2n) is 21.8. The minimum atomic E-state index is -4.48. The van der Waals surface area contributed by atoms with Crippen LogP contribution in [0.1, 0.15) is 239 Å². The molecule has 0 bridgehead atoms. The van der Waals surface area contributed by atoms with Gasteiger partial charge in [0.1, 0.15) is 19.3 Å². The van der Waals surface area contributed by atoms with E-state index in [1.807, 2.05) is 45.4 Å². The van der Waals surface area contributed by atoms with Crippen LogP contribution in [0.25, 0.3) is 0 Å². The Kier molecular flexibility index (Phi) is 54.6. The maximum absolute atomic E-state index is 13.6. The van der Waals surface area contributed by atoms with Crippen molar-refractivity contribution >= 4 is 19.7 Å². The molecule has 0 rings (SSSR count). The zero-order valence-corrected chi connectivity index (χ0v) is 52.2. The summed E-state index contributed by atoms with van der Waals surface area (Å²) in [6, 6.07) is -0.895. The maximum Gasteiger partial charge on any atom is 0.472 e. The predicted octanol–water partition coefficient (Wildman–Crippen LogP) is 19.7. The molecule has 0 aromatic heterocycles. The van der Waals surface area contributed by atoms with E-state index in [4.69, 9.17) is 13.8 Å². The fraction of sp³-hybridized carbons (Fsp3) is 0.652. The Hall–Kier alpha value is -3.85. The molecular formula is C69H118N2O7P+. The fourth-order valence-corrected chi connectivity index (χ4v) is 8.98. The highest BCUT2D eigenvalue weighted by molar-refractivity contribution is 7.47. The molecule has 0 heterocycles. The number of rotatable bonds is 55. The van der Waals surface area contributed by atoms with Gasteiger partial charge in [0.25, 0.3) is 0 Å². The summed E-state index contributed by atoms with van der Waals surface area (Å²) in [5.74, 6) is -0.625. The van der Waals surface area contributed by atoms with E-state index in [-0.39, 0.29) is 25.5 Å². The van der Waals surface area contributed by atoms with Crippen LogP contribution in [0.5, 0.6) is 0 Å². The number of phosphoric ester groups is 1. The lowest BCUT2D eigenvalue weighted by atomic mass is 10.1. The summed E-state index contributed by atoms with van der Waals surface area (Å²) >= 11 is 0. The third-order valence-corrected chi connectivity index (χ3v) is 14.1. The number of carbonyl (C=O) groups is 2. The summed E-state index contributed by atoms with van der Waals surface area (Å²) < 4.78 is 30.6. The van der Waals surface area contributed by atoms with Crippen molar-refractivity contribution in [2.24, 2.45) is 0 Å². The van der Waals surface area contributed by atoms with Gasteiger partial charge in [-0.25, -0.2) is 4.57 Å². The van der Waals surface area contributed by atoms with Gasteiger partial charge in [0.15, 0.2) is 0 Å². The Morgan fingerprint density at radius 2 is 0.823 bits per heavy atom. The van der Waals surface area contributed by atoms with Gasteiger partial charge >= 0.3 is 13.8 Å². The van der Waals surface area contributed by atoms with Crippen LogP contribution in [0, 0.1) is 0 Å². The van der Waals surface area contributed by atoms with Crippen LogP contribution < -0.4 is 5.32 Å². The first-order chi connectivity index (χ1) is 38.4. The van der Waals surface area contributed by atoms with Gasteiger partial charge in [0.05, 0.1) is 33.8 Å². The average Bonchev–Trinajstić information content (AvgIpc) is 3.41. The second-order valence-corrected chi connectivity index (χ2v) is 23.3. The summed E-state index contributed by atoms with van der Waals surface area (Å²) in [7, 11) is 1.43. The third kappa shape index (κ3) is 58.6. The van der Waals surface area contributed by atoms with Crippen LogP contribution in [0.15, 0.2) is 134 Å². The molecule has 10 heteroatoms. The van der Waals surface area contributed by atoms with Gasteiger partial charge < -0.3 is 19.4 Å². The highest BCUT2D eigenvalue weighted by Crippen LogP contribution is 2.43. The predicted molar refractivity (Wildman–Crippen MR) is 341 cm³/mol. The minimum absolute atomic E-state index is 0.0192. The van der Waals surface area contributed by atoms with Crippen LogP contribution in [0.3, 0.4) is 0 Å². The molecule has 3 atom stereocenters. The molecule has 0 radical (unpaired) electrons. The van der Waals surface area contributed by atoms with Crippen molar-refractivity contribution < 1.29 is 37.3 Å². The molecule has 0 saturated heterocycles. The van der Waals surface area contributed by atoms with Gasteiger partial charge in [-0.1, -0.05) is 245 Å². The number of nitrogens with zero attached hydrogens (tertiary/aromatic N) is 1. The molecule has 0 aliphatic heterocycles. The molecule has 1 amide bonds. The summed E-state index contributed by atoms with van der Waals surface area (Å²) in [5.41, 5.74) is 0. The van der Waals surface area contributed by atoms with Crippen molar-refractivity contribution in [2.75, 3.05) is 40.9 Å². The lowest BCUT2D eigenvalue weighted by molar-refractivity contribution is -0.870. The first-order valence-electron chi connectivity index (χ1n) is 31.5. The molecule has 79 heavy (non-hydrogen) atoms. The number of esters is 1. The fourth-order valence-electron chi connectivity index (χ4n) is 8.24. The van der Waals surface area contributed by atoms with E-state index in [1.54, 1.807) is 0 Å². The SMILES string of the molecule is CC/C=C\C/C=C\C/C=C\C/C=C\C/C=C\C/C=C\CCC(=O)OC(/C=C\CCCCCCCCCCC)C(COP(=O)(O)OCC[N+](C)(C)C)NC(=O)CCCCCCCCC/C=C\C/C=C\C/C=C\C/C=C\CCCCC. The van der Waals surface area contributed by atoms with Crippen molar-refractivity contribution in [3.05, 3.63) is 134 Å². The standard InChI is InChI=1S/C69H117N2O7P/c1-7-10-13-16-19-22-25-27-29-31-33-34-35-36-38-39-41-43-46-49-52-55-58-61-68(72)70-66(65-77-79(74,75)76-64-63-71(4,5)6)67(60-57-54-51-48-45-24-21-18-15-12-9-3)78-69(73)62-59-56-53-50-47-44-42-40-37-32-30-28-26-23-20-17-14-11-8-2/h11,14,19-20,22-23,27-30,33-34,36-38,40,44,47,53,56-57,60,66-67H,7-10,12-13,15-18,21,24-26,31-32,35,39,41-43,45-46,48-52,54-55,58-59,61-65H2,1-6H3,(H-,70,72,74,75)/p+1/b14-11-,22-19-,23-20-,29-27-,30-28-,34-33-,38-36-,40-37-,47-44-,56-53-,60-57-. The van der Waals surface area contributed by atoms with Crippen molar-refractivity contribution in [2.45, 2.75) is 251 Å². The van der Waals surface area contributed by atoms with Crippen LogP contribution in [0.2, 0.25) is 0 Å². The lowest BCUT2D eigenvalue weighted by Gasteiger charge is -2.27. The second kappa shape index (κ2) is 57.4. The number of carbonyl (C=O) groups excluding carboxylic acids is 2. The van der Waals surface area contributed by atoms with Gasteiger partial charge in [-0.3, -0.25) is 18.6 Å². The van der Waals surface area contributed by atoms with Gasteiger partial charge in [-0.05, 0) is 115 Å². The van der Waals surface area contributed by atoms with E-state index in [2.05, 4.69) is 135 Å². The number of amides is 1. The van der Waals surface area contributed by atoms with E-state index in [0.717, 1.165) is 109 Å². The Bertz CT molecular complexity index is 1810. The van der Waals surface area contributed by atoms with Gasteiger partial charge in [0, 0.05) is 12.8 Å². The van der Waals surface area contributed by atoms with Gasteiger partial charge in [-0.15, -0.1) is 0 Å². The summed E-state index contributed by atoms with van der Waals surface area (Å²) in [6.07, 6.45) is 81.8. The van der Waals surface area contributed by atoms with E-state index in [0.29, 0.717) is 23.9 Å². The number of allylic oxidation sites excluding steroid dienone is 21. The summed E-state index contributed by atoms with van der Waals surface area (Å²) in [5, 5.41) is 3.03. The van der Waals surface area contributed by atoms with Crippen LogP contribution >= 0.6 is 7.82 Å². The molecule has 3 unspecified atom stereocenters. The first-order valence-corrected chi connectivity index (χ1v) is 33.0. The molecule has 0 aromatic carbocycles. The lowest BCUT2D eigenvalue weighted by Crippen LogP contribution is -2.47. The number of unbranched alkanes of at least 4 members (excludes halogenated alkanes) is 19. The largest absolute Gasteiger partial charge is 0.472 e. The molecule has 450 valence electrons. The molecule has 0 aliphatic carbocycles. The van der Waals surface area contributed by atoms with Crippen molar-refractivity contribution in [1.29, 1.82) is 0 Å². The number of quaternary nitrogens is 1. The minimum Gasteiger partial charge on any atom is -0.456 e. The Morgan fingerprint density at radius 3 is 1.27 bits per heavy atom. The normalized spacial score (nSPS) is 14.6. The number of hydrogen-bond donors (Lipinski definition) is 2. The van der Waals surface area contributed by atoms with E-state index >= 15 is 0 Å². The van der Waals surface area contributed by atoms with Crippen LogP contribution in [-0.2, 0) is 27.9 Å². The maximum atomic E-state index is 13.6. The zero-order chi connectivity index (χ0) is 57.9. The van der Waals surface area contributed by atoms with Crippen LogP contribution in [-0.4, -0.2) is 74.3 Å². The molecule has 0 fully saturated rings. The van der Waals surface area contributed by atoms with Gasteiger partial charge in [-0.2, -0.15) is 0 Å². The molecule has 0 aromatic rings. The average molecular weight is 1120 g/mol. The molecule has 0 aliphatic rings. The number of likely N-dealkylation sites (N-methyl/N-ethyl adjacent to an activating group) is 1. The van der Waals surface area contributed by atoms with Crippen LogP contribution in [0.4, 0.5) is 0 Å². The Balaban J connectivity index is 5.33. The molecule has 0 spiro atoms. The number of phosphoric acid groups is 1. The quantitative estimate of drug-likeness (QED) is 0.0205. The zero-order valence-electron chi connectivity index (χ0n) is 51.3. The van der Waals surface area contributed by atoms with E-state index < -0.39 is 25.9 Å². The number of nitrogens with one attached hydrogen (secondary N) is 1. The Morgan fingerprint density at radius 1 is 0.456 bits per heavy atom. The third-order valence-electron chi connectivity index (χ3n) is 13.1. The number of hydrogen-bond acceptors (Lipinski definition) is 6. The smallest absolute Gasteiger partial charge is 0.456 e. The molecule has 2 N–H and O–H groups in total. The van der Waals surface area contributed by atoms with E-state index in [1.165, 1.54) is 89.9 Å². The summed E-state index contributed by atoms with van der Waals surface area (Å²) in [4.78, 5) is 37.7. The topological polar surface area (TPSA) is 111 Å². The van der Waals surface area contributed by atoms with Crippen molar-refractivity contribution in [3.8, 4) is 0 Å². The first kappa shape index (κ1) is 75.2. The monoisotopic (exact) mass is 1120 g/mol. The van der Waals surface area contributed by atoms with E-state index in [9.17, 15) is 19.0 Å². The summed E-state index contributed by atoms with van der Waals surface area (Å²) in [6.45, 7) is 6.79. The van der Waals surface area contributed by atoms with Crippen molar-refractivity contribution in [1.82, 2.24) is 5.32 Å². The van der Waals surface area contributed by atoms with Crippen molar-refractivity contribution in [3.63, 3.8) is 0 Å². The number of ether oxygens (including phenoxy) is 1. The van der Waals surface area contributed by atoms with Gasteiger partial charge in [0.2, 0.25) is 5.91 Å². The molecule has 9 nitrogen and oxygen atoms in total. The Labute approximate surface area is 485 Å². The highest BCUT2D eigenvalue weighted by atomic mass is 31.2. The molecule has 0 saturated carbocycles.